The molecule has 36 heavy (non-hydrogen) atoms. The van der Waals surface area contributed by atoms with Crippen LogP contribution in [0.3, 0.4) is 0 Å². The Kier molecular flexibility index (Phi) is 9.52. The van der Waals surface area contributed by atoms with E-state index in [0.29, 0.717) is 0 Å². The zero-order valence-corrected chi connectivity index (χ0v) is 22.3. The van der Waals surface area contributed by atoms with E-state index in [-0.39, 0.29) is 6.61 Å². The summed E-state index contributed by atoms with van der Waals surface area (Å²) in [5, 5.41) is 16.7. The molecule has 0 atom stereocenters. The van der Waals surface area contributed by atoms with Gasteiger partial charge in [0.1, 0.15) is 5.82 Å². The molecule has 0 radical (unpaired) electrons. The first-order valence-electron chi connectivity index (χ1n) is 11.6. The zero-order valence-electron chi connectivity index (χ0n) is 19.9. The Labute approximate surface area is 224 Å². The van der Waals surface area contributed by atoms with E-state index in [1.54, 1.807) is 22.7 Å². The van der Waals surface area contributed by atoms with E-state index in [4.69, 9.17) is 10.1 Å². The standard InChI is InChI=1S/C21H20BrN5OS.C7H8/c22-18-14-23-27-20(13-19(26-21(18)27)15-5-2-1-3-6-15)25-16-7-9-17(10-8-16)29-24-11-4-12-28;1-7-5-3-2-4-6-7/h1-3,5-10,13-14,24-25,28H,4,11-12H2;2-6H,1H3. The van der Waals surface area contributed by atoms with Crippen molar-refractivity contribution in [3.63, 3.8) is 0 Å². The summed E-state index contributed by atoms with van der Waals surface area (Å²) in [6.07, 6.45) is 2.49. The van der Waals surface area contributed by atoms with Gasteiger partial charge in [-0.15, -0.1) is 0 Å². The number of benzene rings is 3. The predicted octanol–water partition coefficient (Wildman–Crippen LogP) is 6.88. The molecule has 0 saturated carbocycles. The second kappa shape index (κ2) is 13.2. The number of aryl methyl sites for hydroxylation is 1. The van der Waals surface area contributed by atoms with Gasteiger partial charge in [0.15, 0.2) is 5.65 Å². The van der Waals surface area contributed by atoms with Crippen molar-refractivity contribution in [1.82, 2.24) is 19.3 Å². The van der Waals surface area contributed by atoms with Gasteiger partial charge >= 0.3 is 0 Å². The summed E-state index contributed by atoms with van der Waals surface area (Å²) < 4.78 is 5.87. The van der Waals surface area contributed by atoms with Crippen LogP contribution in [-0.4, -0.2) is 32.9 Å². The molecule has 0 unspecified atom stereocenters. The van der Waals surface area contributed by atoms with Crippen LogP contribution in [0.25, 0.3) is 16.9 Å². The summed E-state index contributed by atoms with van der Waals surface area (Å²) in [4.78, 5) is 5.87. The molecule has 0 bridgehead atoms. The lowest BCUT2D eigenvalue weighted by Crippen LogP contribution is -2.06. The van der Waals surface area contributed by atoms with Crippen LogP contribution in [0, 0.1) is 6.92 Å². The first-order valence-corrected chi connectivity index (χ1v) is 13.2. The fourth-order valence-corrected chi connectivity index (χ4v) is 4.39. The Morgan fingerprint density at radius 3 is 2.28 bits per heavy atom. The summed E-state index contributed by atoms with van der Waals surface area (Å²) in [5.74, 6) is 0.834. The van der Waals surface area contributed by atoms with Crippen LogP contribution < -0.4 is 10.0 Å². The first-order chi connectivity index (χ1) is 17.6. The van der Waals surface area contributed by atoms with Crippen LogP contribution >= 0.6 is 27.9 Å². The lowest BCUT2D eigenvalue weighted by molar-refractivity contribution is 0.290. The van der Waals surface area contributed by atoms with Gasteiger partial charge in [-0.05, 0) is 65.5 Å². The number of hydrogen-bond donors (Lipinski definition) is 3. The van der Waals surface area contributed by atoms with Crippen molar-refractivity contribution in [3.8, 4) is 11.3 Å². The average Bonchev–Trinajstić information content (AvgIpc) is 3.30. The van der Waals surface area contributed by atoms with Gasteiger partial charge in [-0.2, -0.15) is 9.61 Å². The normalized spacial score (nSPS) is 10.6. The second-order valence-corrected chi connectivity index (χ2v) is 9.82. The molecule has 0 aliphatic heterocycles. The molecule has 0 saturated heterocycles. The number of nitrogens with one attached hydrogen (secondary N) is 2. The third kappa shape index (κ3) is 7.18. The largest absolute Gasteiger partial charge is 0.396 e. The zero-order chi connectivity index (χ0) is 25.2. The number of aliphatic hydroxyl groups excluding tert-OH is 1. The van der Waals surface area contributed by atoms with Crippen molar-refractivity contribution in [2.24, 2.45) is 0 Å². The molecule has 0 spiro atoms. The fourth-order valence-electron chi connectivity index (χ4n) is 3.36. The Bertz CT molecular complexity index is 1360. The maximum absolute atomic E-state index is 8.84. The smallest absolute Gasteiger partial charge is 0.172 e. The highest BCUT2D eigenvalue weighted by Gasteiger charge is 2.11. The van der Waals surface area contributed by atoms with Gasteiger partial charge in [0.2, 0.25) is 0 Å². The topological polar surface area (TPSA) is 74.5 Å². The van der Waals surface area contributed by atoms with Crippen LogP contribution in [-0.2, 0) is 0 Å². The number of fused-ring (bicyclic) bond motifs is 1. The van der Waals surface area contributed by atoms with Crippen LogP contribution in [0.15, 0.2) is 107 Å². The number of hydrogen-bond acceptors (Lipinski definition) is 6. The van der Waals surface area contributed by atoms with E-state index in [1.807, 2.05) is 66.7 Å². The van der Waals surface area contributed by atoms with Crippen LogP contribution in [0.4, 0.5) is 11.5 Å². The van der Waals surface area contributed by atoms with Gasteiger partial charge in [-0.25, -0.2) is 4.98 Å². The molecule has 0 aliphatic rings. The molecule has 184 valence electrons. The molecule has 6 nitrogen and oxygen atoms in total. The average molecular weight is 563 g/mol. The van der Waals surface area contributed by atoms with Gasteiger partial charge < -0.3 is 10.4 Å². The molecular formula is C28H28BrN5OS. The van der Waals surface area contributed by atoms with E-state index in [2.05, 4.69) is 62.3 Å². The van der Waals surface area contributed by atoms with E-state index in [1.165, 1.54) is 5.56 Å². The third-order valence-electron chi connectivity index (χ3n) is 5.19. The summed E-state index contributed by atoms with van der Waals surface area (Å²) >= 11 is 5.10. The summed E-state index contributed by atoms with van der Waals surface area (Å²) in [6.45, 7) is 3.05. The van der Waals surface area contributed by atoms with Crippen molar-refractivity contribution in [2.75, 3.05) is 18.5 Å². The Hall–Kier alpha value is -3.17. The summed E-state index contributed by atoms with van der Waals surface area (Å²) in [5.41, 5.74) is 4.97. The molecule has 0 amide bonds. The first kappa shape index (κ1) is 25.9. The number of rotatable bonds is 8. The minimum atomic E-state index is 0.200. The molecule has 5 rings (SSSR count). The van der Waals surface area contributed by atoms with E-state index in [0.717, 1.165) is 50.7 Å². The van der Waals surface area contributed by atoms with Crippen molar-refractivity contribution < 1.29 is 5.11 Å². The number of anilines is 2. The number of halogens is 1. The monoisotopic (exact) mass is 561 g/mol. The molecule has 3 aromatic carbocycles. The molecule has 2 aromatic heterocycles. The molecule has 8 heteroatoms. The number of nitrogens with zero attached hydrogens (tertiary/aromatic N) is 3. The van der Waals surface area contributed by atoms with Gasteiger partial charge in [0.25, 0.3) is 0 Å². The maximum Gasteiger partial charge on any atom is 0.172 e. The summed E-state index contributed by atoms with van der Waals surface area (Å²) in [7, 11) is 0. The van der Waals surface area contributed by atoms with Crippen molar-refractivity contribution in [1.29, 1.82) is 0 Å². The lowest BCUT2D eigenvalue weighted by atomic mass is 10.1. The third-order valence-corrected chi connectivity index (χ3v) is 6.61. The Morgan fingerprint density at radius 1 is 0.944 bits per heavy atom. The van der Waals surface area contributed by atoms with Crippen LogP contribution in [0.1, 0.15) is 12.0 Å². The van der Waals surface area contributed by atoms with E-state index >= 15 is 0 Å². The molecule has 5 aromatic rings. The highest BCUT2D eigenvalue weighted by atomic mass is 79.9. The molecule has 0 fully saturated rings. The van der Waals surface area contributed by atoms with Crippen LogP contribution in [0.2, 0.25) is 0 Å². The van der Waals surface area contributed by atoms with Gasteiger partial charge in [-0.1, -0.05) is 66.2 Å². The highest BCUT2D eigenvalue weighted by molar-refractivity contribution is 9.10. The quantitative estimate of drug-likeness (QED) is 0.142. The maximum atomic E-state index is 8.84. The lowest BCUT2D eigenvalue weighted by Gasteiger charge is -2.11. The highest BCUT2D eigenvalue weighted by Crippen LogP contribution is 2.28. The molecule has 0 aliphatic carbocycles. The molecule has 2 heterocycles. The van der Waals surface area contributed by atoms with Crippen LogP contribution in [0.5, 0.6) is 0 Å². The second-order valence-electron chi connectivity index (χ2n) is 8.00. The fraction of sp³-hybridized carbons (Fsp3) is 0.143. The van der Waals surface area contributed by atoms with Gasteiger partial charge in [-0.3, -0.25) is 4.72 Å². The van der Waals surface area contributed by atoms with Gasteiger partial charge in [0.05, 0.1) is 16.4 Å². The number of aromatic nitrogens is 3. The van der Waals surface area contributed by atoms with E-state index < -0.39 is 0 Å². The molecule has 3 N–H and O–H groups in total. The Balaban J connectivity index is 0.000000375. The van der Waals surface area contributed by atoms with Gasteiger partial charge in [0, 0.05) is 35.4 Å². The van der Waals surface area contributed by atoms with Crippen molar-refractivity contribution in [2.45, 2.75) is 18.2 Å². The number of aliphatic hydroxyl groups is 1. The predicted molar refractivity (Wildman–Crippen MR) is 153 cm³/mol. The minimum absolute atomic E-state index is 0.200. The van der Waals surface area contributed by atoms with Crippen molar-refractivity contribution >= 4 is 45.0 Å². The summed E-state index contributed by atoms with van der Waals surface area (Å²) in [6, 6.07) is 30.5. The minimum Gasteiger partial charge on any atom is -0.396 e. The van der Waals surface area contributed by atoms with Crippen molar-refractivity contribution in [3.05, 3.63) is 107 Å². The van der Waals surface area contributed by atoms with E-state index in [9.17, 15) is 0 Å². The Morgan fingerprint density at radius 2 is 1.64 bits per heavy atom. The SMILES string of the molecule is Cc1ccccc1.OCCCNSc1ccc(Nc2cc(-c3ccccc3)nc3c(Br)cnn23)cc1. The molecular weight excluding hydrogens is 534 g/mol.